The zero-order valence-electron chi connectivity index (χ0n) is 8.97. The minimum atomic E-state index is 0.567. The summed E-state index contributed by atoms with van der Waals surface area (Å²) < 4.78 is 2.29. The van der Waals surface area contributed by atoms with Crippen LogP contribution >= 0.6 is 11.3 Å². The number of aryl methyl sites for hydroxylation is 1. The predicted molar refractivity (Wildman–Crippen MR) is 63.4 cm³/mol. The number of aromatic nitrogens is 3. The molecule has 0 saturated carbocycles. The fourth-order valence-electron chi connectivity index (χ4n) is 2.19. The van der Waals surface area contributed by atoms with Crippen LogP contribution in [0, 0.1) is 0 Å². The van der Waals surface area contributed by atoms with Gasteiger partial charge >= 0.3 is 0 Å². The van der Waals surface area contributed by atoms with Gasteiger partial charge in [-0.05, 0) is 6.42 Å². The Balaban J connectivity index is 1.54. The number of rotatable bonds is 4. The molecule has 0 bridgehead atoms. The lowest BCUT2D eigenvalue weighted by atomic mass is 10.2. The van der Waals surface area contributed by atoms with Gasteiger partial charge in [-0.1, -0.05) is 0 Å². The van der Waals surface area contributed by atoms with Crippen LogP contribution in [0.15, 0.2) is 24.0 Å². The number of hydrogen-bond acceptors (Lipinski definition) is 4. The van der Waals surface area contributed by atoms with Crippen LogP contribution in [-0.4, -0.2) is 21.1 Å². The van der Waals surface area contributed by atoms with Gasteiger partial charge in [0, 0.05) is 49.5 Å². The molecule has 0 aliphatic carbocycles. The summed E-state index contributed by atoms with van der Waals surface area (Å²) in [7, 11) is 0. The molecule has 0 amide bonds. The number of thiazole rings is 1. The zero-order valence-corrected chi connectivity index (χ0v) is 9.78. The first-order valence-corrected chi connectivity index (χ1v) is 6.42. The highest BCUT2D eigenvalue weighted by atomic mass is 32.1. The van der Waals surface area contributed by atoms with Gasteiger partial charge in [0.25, 0.3) is 0 Å². The van der Waals surface area contributed by atoms with Gasteiger partial charge in [-0.25, -0.2) is 9.97 Å². The van der Waals surface area contributed by atoms with Crippen LogP contribution in [0.3, 0.4) is 0 Å². The van der Waals surface area contributed by atoms with Gasteiger partial charge < -0.3 is 9.88 Å². The van der Waals surface area contributed by atoms with E-state index in [4.69, 9.17) is 0 Å². The number of fused-ring (bicyclic) bond motifs is 1. The van der Waals surface area contributed by atoms with Crippen LogP contribution in [0.2, 0.25) is 0 Å². The molecule has 16 heavy (non-hydrogen) atoms. The lowest BCUT2D eigenvalue weighted by Gasteiger charge is -2.12. The van der Waals surface area contributed by atoms with Gasteiger partial charge in [0.1, 0.15) is 10.8 Å². The second-order valence-electron chi connectivity index (χ2n) is 4.00. The monoisotopic (exact) mass is 234 g/mol. The molecule has 0 fully saturated rings. The van der Waals surface area contributed by atoms with Gasteiger partial charge in [0.2, 0.25) is 0 Å². The van der Waals surface area contributed by atoms with Crippen LogP contribution in [0.5, 0.6) is 0 Å². The summed E-state index contributed by atoms with van der Waals surface area (Å²) in [5.41, 5.74) is 0. The van der Waals surface area contributed by atoms with Gasteiger partial charge in [-0.2, -0.15) is 0 Å². The van der Waals surface area contributed by atoms with Crippen molar-refractivity contribution in [1.82, 2.24) is 19.9 Å². The summed E-state index contributed by atoms with van der Waals surface area (Å²) in [4.78, 5) is 8.58. The smallest absolute Gasteiger partial charge is 0.109 e. The maximum Gasteiger partial charge on any atom is 0.109 e. The summed E-state index contributed by atoms with van der Waals surface area (Å²) in [6, 6.07) is 0.567. The van der Waals surface area contributed by atoms with Crippen LogP contribution in [0.4, 0.5) is 0 Å². The highest BCUT2D eigenvalue weighted by Crippen LogP contribution is 2.23. The molecule has 1 unspecified atom stereocenters. The van der Waals surface area contributed by atoms with E-state index in [2.05, 4.69) is 26.0 Å². The fourth-order valence-corrected chi connectivity index (χ4v) is 2.78. The third kappa shape index (κ3) is 1.88. The van der Waals surface area contributed by atoms with E-state index in [9.17, 15) is 0 Å². The Morgan fingerprint density at radius 1 is 1.44 bits per heavy atom. The molecule has 0 saturated heterocycles. The Morgan fingerprint density at radius 2 is 2.44 bits per heavy atom. The van der Waals surface area contributed by atoms with E-state index in [1.165, 1.54) is 12.2 Å². The number of imidazole rings is 1. The van der Waals surface area contributed by atoms with E-state index >= 15 is 0 Å². The van der Waals surface area contributed by atoms with Gasteiger partial charge in [-0.3, -0.25) is 0 Å². The molecule has 1 atom stereocenters. The molecule has 4 nitrogen and oxygen atoms in total. The first-order chi connectivity index (χ1) is 7.93. The Labute approximate surface area is 98.4 Å². The van der Waals surface area contributed by atoms with E-state index in [0.717, 1.165) is 24.5 Å². The summed E-state index contributed by atoms with van der Waals surface area (Å²) >= 11 is 1.70. The van der Waals surface area contributed by atoms with Crippen LogP contribution in [-0.2, 0) is 13.0 Å². The minimum Gasteiger partial charge on any atom is -0.331 e. The van der Waals surface area contributed by atoms with Crippen molar-refractivity contribution in [1.29, 1.82) is 0 Å². The Bertz CT molecular complexity index is 448. The Morgan fingerprint density at radius 3 is 3.31 bits per heavy atom. The first-order valence-electron chi connectivity index (χ1n) is 5.54. The Hall–Kier alpha value is -1.20. The van der Waals surface area contributed by atoms with Crippen molar-refractivity contribution in [3.8, 4) is 0 Å². The summed E-state index contributed by atoms with van der Waals surface area (Å²) in [6.45, 7) is 1.88. The summed E-state index contributed by atoms with van der Waals surface area (Å²) in [5, 5.41) is 6.63. The average molecular weight is 234 g/mol. The highest BCUT2D eigenvalue weighted by molar-refractivity contribution is 7.09. The van der Waals surface area contributed by atoms with E-state index < -0.39 is 0 Å². The van der Waals surface area contributed by atoms with Gasteiger partial charge in [0.15, 0.2) is 0 Å². The maximum absolute atomic E-state index is 4.33. The molecule has 0 aromatic carbocycles. The maximum atomic E-state index is 4.33. The standard InChI is InChI=1S/C11H14N4S/c1-2-10-13-3-5-15(10)9(1)7-12-8-11-14-4-6-16-11/h3-6,9,12H,1-2,7-8H2. The van der Waals surface area contributed by atoms with Crippen molar-refractivity contribution < 1.29 is 0 Å². The average Bonchev–Trinajstić information content (AvgIpc) is 2.95. The topological polar surface area (TPSA) is 42.7 Å². The summed E-state index contributed by atoms with van der Waals surface area (Å²) in [5.74, 6) is 1.22. The third-order valence-corrected chi connectivity index (χ3v) is 3.76. The molecule has 3 heterocycles. The van der Waals surface area contributed by atoms with Crippen molar-refractivity contribution in [2.75, 3.05) is 6.54 Å². The van der Waals surface area contributed by atoms with Crippen molar-refractivity contribution in [3.63, 3.8) is 0 Å². The zero-order chi connectivity index (χ0) is 10.8. The minimum absolute atomic E-state index is 0.567. The van der Waals surface area contributed by atoms with Crippen molar-refractivity contribution >= 4 is 11.3 Å². The van der Waals surface area contributed by atoms with Crippen LogP contribution < -0.4 is 5.32 Å². The number of hydrogen-bond donors (Lipinski definition) is 1. The first kappa shape index (κ1) is 9.99. The summed E-state index contributed by atoms with van der Waals surface area (Å²) in [6.07, 6.45) is 8.14. The van der Waals surface area contributed by atoms with Gasteiger partial charge in [-0.15, -0.1) is 11.3 Å². The lowest BCUT2D eigenvalue weighted by molar-refractivity contribution is 0.478. The van der Waals surface area contributed by atoms with E-state index in [1.807, 2.05) is 17.8 Å². The lowest BCUT2D eigenvalue weighted by Crippen LogP contribution is -2.22. The largest absolute Gasteiger partial charge is 0.331 e. The van der Waals surface area contributed by atoms with Crippen LogP contribution in [0.1, 0.15) is 23.3 Å². The molecular weight excluding hydrogens is 220 g/mol. The molecule has 1 aliphatic rings. The van der Waals surface area contributed by atoms with E-state index in [1.54, 1.807) is 11.3 Å². The van der Waals surface area contributed by atoms with E-state index in [0.29, 0.717) is 6.04 Å². The van der Waals surface area contributed by atoms with Crippen molar-refractivity contribution in [3.05, 3.63) is 34.8 Å². The van der Waals surface area contributed by atoms with Crippen LogP contribution in [0.25, 0.3) is 0 Å². The fraction of sp³-hybridized carbons (Fsp3) is 0.455. The molecule has 1 N–H and O–H groups in total. The molecule has 1 aliphatic heterocycles. The highest BCUT2D eigenvalue weighted by Gasteiger charge is 2.21. The molecule has 2 aromatic rings. The van der Waals surface area contributed by atoms with Crippen molar-refractivity contribution in [2.45, 2.75) is 25.4 Å². The predicted octanol–water partition coefficient (Wildman–Crippen LogP) is 1.62. The van der Waals surface area contributed by atoms with Crippen molar-refractivity contribution in [2.24, 2.45) is 0 Å². The molecule has 5 heteroatoms. The SMILES string of the molecule is c1csc(CNCC2CCc3nccn32)n1. The third-order valence-electron chi connectivity index (χ3n) is 2.98. The molecule has 3 rings (SSSR count). The Kier molecular flexibility index (Phi) is 2.71. The second-order valence-corrected chi connectivity index (χ2v) is 4.98. The quantitative estimate of drug-likeness (QED) is 0.874. The normalized spacial score (nSPS) is 18.9. The number of nitrogens with one attached hydrogen (secondary N) is 1. The second kappa shape index (κ2) is 4.35. The van der Waals surface area contributed by atoms with Gasteiger partial charge in [0.05, 0.1) is 0 Å². The van der Waals surface area contributed by atoms with E-state index in [-0.39, 0.29) is 0 Å². The number of nitrogens with zero attached hydrogens (tertiary/aromatic N) is 3. The molecule has 2 aromatic heterocycles. The molecular formula is C11H14N4S. The molecule has 0 radical (unpaired) electrons. The molecule has 84 valence electrons. The molecule has 0 spiro atoms.